The normalized spacial score (nSPS) is 15.3. The lowest BCUT2D eigenvalue weighted by Gasteiger charge is -2.19. The van der Waals surface area contributed by atoms with Crippen molar-refractivity contribution < 1.29 is 13.2 Å². The molecular formula is C22H22F3N5. The molecule has 1 aliphatic rings. The molecule has 156 valence electrons. The Morgan fingerprint density at radius 2 is 1.97 bits per heavy atom. The van der Waals surface area contributed by atoms with Crippen LogP contribution in [0, 0.1) is 12.7 Å². The fourth-order valence-corrected chi connectivity index (χ4v) is 3.65. The lowest BCUT2D eigenvalue weighted by molar-refractivity contribution is 0.146. The Hall–Kier alpha value is -3.00. The summed E-state index contributed by atoms with van der Waals surface area (Å²) in [5, 5.41) is 7.15. The Morgan fingerprint density at radius 1 is 1.17 bits per heavy atom. The molecule has 0 bridgehead atoms. The Labute approximate surface area is 172 Å². The van der Waals surface area contributed by atoms with E-state index >= 15 is 0 Å². The highest BCUT2D eigenvalue weighted by Gasteiger charge is 2.20. The van der Waals surface area contributed by atoms with Crippen LogP contribution in [-0.4, -0.2) is 28.0 Å². The summed E-state index contributed by atoms with van der Waals surface area (Å²) in [6, 6.07) is 5.43. The van der Waals surface area contributed by atoms with Gasteiger partial charge in [0.25, 0.3) is 6.43 Å². The van der Waals surface area contributed by atoms with Gasteiger partial charge in [0.05, 0.1) is 17.0 Å². The average Bonchev–Trinajstić information content (AvgIpc) is 2.74. The van der Waals surface area contributed by atoms with Crippen LogP contribution in [0.1, 0.15) is 48.3 Å². The first kappa shape index (κ1) is 20.3. The van der Waals surface area contributed by atoms with Crippen molar-refractivity contribution in [1.29, 1.82) is 0 Å². The second-order valence-corrected chi connectivity index (χ2v) is 7.32. The van der Waals surface area contributed by atoms with Crippen molar-refractivity contribution in [2.75, 3.05) is 18.4 Å². The predicted molar refractivity (Wildman–Crippen MR) is 111 cm³/mol. The van der Waals surface area contributed by atoms with Crippen LogP contribution in [0.3, 0.4) is 0 Å². The fraction of sp³-hybridized carbons (Fsp3) is 0.318. The molecule has 8 heteroatoms. The molecular weight excluding hydrogens is 391 g/mol. The number of anilines is 1. The van der Waals surface area contributed by atoms with Crippen molar-refractivity contribution in [2.45, 2.75) is 32.7 Å². The van der Waals surface area contributed by atoms with Crippen LogP contribution in [0.15, 0.2) is 36.5 Å². The Kier molecular flexibility index (Phi) is 5.67. The zero-order valence-electron chi connectivity index (χ0n) is 16.7. The van der Waals surface area contributed by atoms with E-state index in [-0.39, 0.29) is 5.56 Å². The quantitative estimate of drug-likeness (QED) is 0.619. The highest BCUT2D eigenvalue weighted by Crippen LogP contribution is 2.31. The molecule has 1 aromatic carbocycles. The van der Waals surface area contributed by atoms with Gasteiger partial charge in [-0.25, -0.2) is 28.1 Å². The Balaban J connectivity index is 1.73. The topological polar surface area (TPSA) is 62.7 Å². The van der Waals surface area contributed by atoms with Crippen LogP contribution in [0.2, 0.25) is 0 Å². The van der Waals surface area contributed by atoms with Crippen molar-refractivity contribution in [3.8, 4) is 0 Å². The molecule has 2 aromatic heterocycles. The summed E-state index contributed by atoms with van der Waals surface area (Å²) in [6.45, 7) is 5.16. The molecule has 3 aromatic rings. The molecule has 0 unspecified atom stereocenters. The molecule has 2 N–H and O–H groups in total. The maximum atomic E-state index is 14.6. The first-order valence-electron chi connectivity index (χ1n) is 9.81. The van der Waals surface area contributed by atoms with Gasteiger partial charge in [0.1, 0.15) is 17.5 Å². The van der Waals surface area contributed by atoms with Crippen LogP contribution in [0.4, 0.5) is 19.0 Å². The highest BCUT2D eigenvalue weighted by atomic mass is 19.3. The van der Waals surface area contributed by atoms with Gasteiger partial charge >= 0.3 is 0 Å². The van der Waals surface area contributed by atoms with Crippen molar-refractivity contribution >= 4 is 22.4 Å². The van der Waals surface area contributed by atoms with Gasteiger partial charge in [-0.3, -0.25) is 0 Å². The third kappa shape index (κ3) is 4.00. The molecule has 0 saturated carbocycles. The molecule has 5 nitrogen and oxygen atoms in total. The molecule has 0 radical (unpaired) electrons. The molecule has 1 aliphatic heterocycles. The Morgan fingerprint density at radius 3 is 2.70 bits per heavy atom. The van der Waals surface area contributed by atoms with Crippen molar-refractivity contribution in [3.63, 3.8) is 0 Å². The third-order valence-electron chi connectivity index (χ3n) is 5.21. The molecule has 3 heterocycles. The van der Waals surface area contributed by atoms with Crippen molar-refractivity contribution in [2.24, 2.45) is 0 Å². The number of hydrogen-bond donors (Lipinski definition) is 2. The minimum Gasteiger partial charge on any atom is -0.363 e. The number of pyridine rings is 1. The van der Waals surface area contributed by atoms with Crippen molar-refractivity contribution in [3.05, 3.63) is 64.9 Å². The van der Waals surface area contributed by atoms with Gasteiger partial charge in [-0.1, -0.05) is 24.3 Å². The van der Waals surface area contributed by atoms with Crippen LogP contribution in [0.25, 0.3) is 16.6 Å². The van der Waals surface area contributed by atoms with Crippen LogP contribution in [-0.2, 0) is 0 Å². The molecule has 0 amide bonds. The molecule has 4 rings (SSSR count). The first-order valence-corrected chi connectivity index (χ1v) is 9.81. The summed E-state index contributed by atoms with van der Waals surface area (Å²) in [5.74, 6) is 0.109. The minimum atomic E-state index is -2.87. The van der Waals surface area contributed by atoms with Gasteiger partial charge < -0.3 is 10.6 Å². The van der Waals surface area contributed by atoms with E-state index in [9.17, 15) is 13.2 Å². The summed E-state index contributed by atoms with van der Waals surface area (Å²) in [7, 11) is 0. The number of halogens is 3. The maximum absolute atomic E-state index is 14.6. The second-order valence-electron chi connectivity index (χ2n) is 7.32. The lowest BCUT2D eigenvalue weighted by atomic mass is 10.0. The smallest absolute Gasteiger partial charge is 0.266 e. The van der Waals surface area contributed by atoms with Crippen LogP contribution in [0.5, 0.6) is 0 Å². The summed E-state index contributed by atoms with van der Waals surface area (Å²) in [5.41, 5.74) is 2.25. The van der Waals surface area contributed by atoms with Gasteiger partial charge in [0, 0.05) is 18.3 Å². The zero-order valence-corrected chi connectivity index (χ0v) is 16.7. The van der Waals surface area contributed by atoms with Crippen molar-refractivity contribution in [1.82, 2.24) is 20.3 Å². The number of aryl methyl sites for hydroxylation is 1. The average molecular weight is 413 g/mol. The molecule has 1 atom stereocenters. The van der Waals surface area contributed by atoms with Gasteiger partial charge in [-0.05, 0) is 44.0 Å². The molecule has 0 fully saturated rings. The third-order valence-corrected chi connectivity index (χ3v) is 5.21. The number of rotatable bonds is 5. The van der Waals surface area contributed by atoms with Gasteiger partial charge in [0.15, 0.2) is 5.65 Å². The van der Waals surface area contributed by atoms with E-state index in [0.717, 1.165) is 31.1 Å². The largest absolute Gasteiger partial charge is 0.363 e. The van der Waals surface area contributed by atoms with E-state index in [0.29, 0.717) is 22.7 Å². The van der Waals surface area contributed by atoms with Gasteiger partial charge in [-0.2, -0.15) is 0 Å². The molecule has 30 heavy (non-hydrogen) atoms. The summed E-state index contributed by atoms with van der Waals surface area (Å²) >= 11 is 0. The SMILES string of the molecule is Cc1nc(N[C@H](C)c2cccc(C(F)F)c2F)c2cc(C3=CCNCC3)cnc2n1. The van der Waals surface area contributed by atoms with Gasteiger partial charge in [0.2, 0.25) is 0 Å². The minimum absolute atomic E-state index is 0.155. The van der Waals surface area contributed by atoms with E-state index in [1.54, 1.807) is 20.0 Å². The lowest BCUT2D eigenvalue weighted by Crippen LogP contribution is -2.20. The number of aromatic nitrogens is 3. The number of nitrogens with zero attached hydrogens (tertiary/aromatic N) is 3. The first-order chi connectivity index (χ1) is 14.4. The second kappa shape index (κ2) is 8.39. The molecule has 0 spiro atoms. The number of alkyl halides is 2. The summed E-state index contributed by atoms with van der Waals surface area (Å²) in [4.78, 5) is 13.4. The number of fused-ring (bicyclic) bond motifs is 1. The predicted octanol–water partition coefficient (Wildman–Crippen LogP) is 4.96. The summed E-state index contributed by atoms with van der Waals surface area (Å²) in [6.07, 6.45) is 1.95. The highest BCUT2D eigenvalue weighted by molar-refractivity contribution is 5.89. The van der Waals surface area contributed by atoms with E-state index < -0.39 is 23.8 Å². The van der Waals surface area contributed by atoms with E-state index in [2.05, 4.69) is 31.7 Å². The zero-order chi connectivity index (χ0) is 21.3. The molecule has 0 saturated heterocycles. The maximum Gasteiger partial charge on any atom is 0.266 e. The summed E-state index contributed by atoms with van der Waals surface area (Å²) < 4.78 is 40.8. The molecule has 0 aliphatic carbocycles. The standard InChI is InChI=1S/C22H22F3N5/c1-12(16-4-3-5-17(19(16)23)20(24)25)28-22-18-10-15(14-6-8-26-9-7-14)11-27-21(18)29-13(2)30-22/h3-6,10-12,20,26H,7-9H2,1-2H3,(H,27,28,29,30)/t12-/m1/s1. The number of benzene rings is 1. The number of nitrogens with one attached hydrogen (secondary N) is 2. The monoisotopic (exact) mass is 413 g/mol. The van der Waals surface area contributed by atoms with Gasteiger partial charge in [-0.15, -0.1) is 0 Å². The van der Waals surface area contributed by atoms with Crippen LogP contribution < -0.4 is 10.6 Å². The van der Waals surface area contributed by atoms with E-state index in [1.807, 2.05) is 6.07 Å². The fourth-order valence-electron chi connectivity index (χ4n) is 3.65. The Bertz CT molecular complexity index is 1110. The van der Waals surface area contributed by atoms with E-state index in [1.165, 1.54) is 17.7 Å². The number of hydrogen-bond acceptors (Lipinski definition) is 5. The van der Waals surface area contributed by atoms with Crippen LogP contribution >= 0.6 is 0 Å². The van der Waals surface area contributed by atoms with E-state index in [4.69, 9.17) is 0 Å².